The number of piperidine rings is 1. The molecule has 1 aliphatic heterocycles. The average molecular weight is 255 g/mol. The van der Waals surface area contributed by atoms with Crippen LogP contribution in [-0.2, 0) is 4.79 Å². The van der Waals surface area contributed by atoms with Gasteiger partial charge < -0.3 is 9.38 Å². The normalized spacial score (nSPS) is 16.9. The van der Waals surface area contributed by atoms with Crippen molar-refractivity contribution in [3.05, 3.63) is 0 Å². The van der Waals surface area contributed by atoms with Crippen LogP contribution in [0.15, 0.2) is 0 Å². The fourth-order valence-corrected chi connectivity index (χ4v) is 3.01. The quantitative estimate of drug-likeness (QED) is 0.641. The number of amides is 1. The Morgan fingerprint density at radius 1 is 1.00 bits per heavy atom. The van der Waals surface area contributed by atoms with Gasteiger partial charge in [-0.25, -0.2) is 0 Å². The van der Waals surface area contributed by atoms with Gasteiger partial charge in [0.15, 0.2) is 0 Å². The molecule has 1 heterocycles. The zero-order chi connectivity index (χ0) is 13.4. The Morgan fingerprint density at radius 2 is 1.56 bits per heavy atom. The molecule has 0 aromatic carbocycles. The minimum Gasteiger partial charge on any atom is -0.343 e. The molecule has 1 saturated heterocycles. The highest BCUT2D eigenvalue weighted by Crippen LogP contribution is 2.13. The minimum absolute atomic E-state index is 0.385. The monoisotopic (exact) mass is 255 g/mol. The maximum Gasteiger partial charge on any atom is 0.222 e. The average Bonchev–Trinajstić information content (AvgIpc) is 2.45. The predicted octanol–water partition coefficient (Wildman–Crippen LogP) is 2.66. The molecule has 0 unspecified atom stereocenters. The Labute approximate surface area is 113 Å². The molecule has 1 aliphatic rings. The largest absolute Gasteiger partial charge is 0.343 e. The zero-order valence-corrected chi connectivity index (χ0v) is 12.6. The molecule has 1 amide bonds. The molecule has 0 radical (unpaired) electrons. The van der Waals surface area contributed by atoms with E-state index in [0.717, 1.165) is 37.0 Å². The van der Waals surface area contributed by atoms with E-state index in [-0.39, 0.29) is 0 Å². The first kappa shape index (κ1) is 15.5. The molecular formula is C15H31N2O+. The number of rotatable bonds is 7. The summed E-state index contributed by atoms with van der Waals surface area (Å²) in [6.45, 7) is 13.5. The van der Waals surface area contributed by atoms with E-state index in [2.05, 4.69) is 25.7 Å². The van der Waals surface area contributed by atoms with Gasteiger partial charge >= 0.3 is 0 Å². The van der Waals surface area contributed by atoms with Gasteiger partial charge in [-0.1, -0.05) is 0 Å². The number of hydrogen-bond donors (Lipinski definition) is 0. The molecule has 0 saturated carbocycles. The van der Waals surface area contributed by atoms with Gasteiger partial charge in [0.1, 0.15) is 0 Å². The second-order valence-electron chi connectivity index (χ2n) is 5.56. The van der Waals surface area contributed by atoms with Gasteiger partial charge in [-0.05, 0) is 40.0 Å². The summed E-state index contributed by atoms with van der Waals surface area (Å²) in [5.74, 6) is 0.385. The highest BCUT2D eigenvalue weighted by atomic mass is 16.2. The molecule has 0 aliphatic carbocycles. The second-order valence-corrected chi connectivity index (χ2v) is 5.56. The van der Waals surface area contributed by atoms with Crippen molar-refractivity contribution in [2.75, 3.05) is 39.3 Å². The number of quaternary nitrogens is 1. The van der Waals surface area contributed by atoms with Gasteiger partial charge in [-0.2, -0.15) is 0 Å². The Hall–Kier alpha value is -0.570. The smallest absolute Gasteiger partial charge is 0.222 e. The molecule has 3 nitrogen and oxygen atoms in total. The van der Waals surface area contributed by atoms with Gasteiger partial charge in [-0.3, -0.25) is 4.79 Å². The lowest BCUT2D eigenvalue weighted by Crippen LogP contribution is -2.48. The molecule has 1 fully saturated rings. The van der Waals surface area contributed by atoms with Crippen LogP contribution in [0.2, 0.25) is 0 Å². The van der Waals surface area contributed by atoms with Crippen molar-refractivity contribution >= 4 is 5.91 Å². The lowest BCUT2D eigenvalue weighted by Gasteiger charge is -2.36. The van der Waals surface area contributed by atoms with Crippen molar-refractivity contribution in [3.8, 4) is 0 Å². The van der Waals surface area contributed by atoms with Gasteiger partial charge in [0.05, 0.1) is 26.2 Å². The van der Waals surface area contributed by atoms with Crippen LogP contribution in [0.25, 0.3) is 0 Å². The summed E-state index contributed by atoms with van der Waals surface area (Å²) < 4.78 is 1.16. The highest BCUT2D eigenvalue weighted by Gasteiger charge is 2.22. The van der Waals surface area contributed by atoms with Crippen molar-refractivity contribution in [3.63, 3.8) is 0 Å². The van der Waals surface area contributed by atoms with Gasteiger partial charge in [-0.15, -0.1) is 0 Å². The molecule has 1 rings (SSSR count). The van der Waals surface area contributed by atoms with Crippen LogP contribution in [0.3, 0.4) is 0 Å². The predicted molar refractivity (Wildman–Crippen MR) is 76.4 cm³/mol. The third-order valence-corrected chi connectivity index (χ3v) is 4.74. The molecule has 0 N–H and O–H groups in total. The third kappa shape index (κ3) is 4.27. The van der Waals surface area contributed by atoms with Crippen molar-refractivity contribution in [2.24, 2.45) is 0 Å². The second kappa shape index (κ2) is 7.78. The Balaban J connectivity index is 2.29. The third-order valence-electron chi connectivity index (χ3n) is 4.74. The van der Waals surface area contributed by atoms with Crippen LogP contribution < -0.4 is 0 Å². The van der Waals surface area contributed by atoms with E-state index >= 15 is 0 Å². The molecule has 3 heteroatoms. The molecular weight excluding hydrogens is 224 g/mol. The summed E-state index contributed by atoms with van der Waals surface area (Å²) in [6, 6.07) is 0. The van der Waals surface area contributed by atoms with E-state index in [0.29, 0.717) is 5.91 Å². The topological polar surface area (TPSA) is 20.3 Å². The maximum atomic E-state index is 12.1. The molecule has 18 heavy (non-hydrogen) atoms. The van der Waals surface area contributed by atoms with E-state index in [4.69, 9.17) is 0 Å². The van der Waals surface area contributed by atoms with Crippen LogP contribution >= 0.6 is 0 Å². The van der Waals surface area contributed by atoms with Crippen LogP contribution in [-0.4, -0.2) is 54.6 Å². The molecule has 0 spiro atoms. The molecule has 0 aromatic heterocycles. The van der Waals surface area contributed by atoms with Crippen molar-refractivity contribution in [1.29, 1.82) is 0 Å². The van der Waals surface area contributed by atoms with E-state index < -0.39 is 0 Å². The van der Waals surface area contributed by atoms with Gasteiger partial charge in [0.25, 0.3) is 0 Å². The highest BCUT2D eigenvalue weighted by molar-refractivity contribution is 5.76. The Morgan fingerprint density at radius 3 is 2.06 bits per heavy atom. The summed E-state index contributed by atoms with van der Waals surface area (Å²) in [5.41, 5.74) is 0. The summed E-state index contributed by atoms with van der Waals surface area (Å²) >= 11 is 0. The van der Waals surface area contributed by atoms with Crippen molar-refractivity contribution in [1.82, 2.24) is 4.90 Å². The zero-order valence-electron chi connectivity index (χ0n) is 12.6. The lowest BCUT2D eigenvalue weighted by molar-refractivity contribution is -0.923. The van der Waals surface area contributed by atoms with Gasteiger partial charge in [0, 0.05) is 25.9 Å². The van der Waals surface area contributed by atoms with Crippen LogP contribution in [0.5, 0.6) is 0 Å². The summed E-state index contributed by atoms with van der Waals surface area (Å²) in [6.07, 6.45) is 5.49. The first-order valence-electron chi connectivity index (χ1n) is 7.80. The molecule has 0 aromatic rings. The summed E-state index contributed by atoms with van der Waals surface area (Å²) in [5, 5.41) is 0. The maximum absolute atomic E-state index is 12.1. The summed E-state index contributed by atoms with van der Waals surface area (Å²) in [7, 11) is 0. The fraction of sp³-hybridized carbons (Fsp3) is 0.933. The lowest BCUT2D eigenvalue weighted by atomic mass is 10.1. The standard InChI is InChI=1S/C15H31N2O/c1-4-17(5-2,6-3)14-10-11-15(18)16-12-8-7-9-13-16/h4-14H2,1-3H3/q+1. The number of carbonyl (C=O) groups excluding carboxylic acids is 1. The minimum atomic E-state index is 0.385. The summed E-state index contributed by atoms with van der Waals surface area (Å²) in [4.78, 5) is 14.1. The fourth-order valence-electron chi connectivity index (χ4n) is 3.01. The van der Waals surface area contributed by atoms with Gasteiger partial charge in [0.2, 0.25) is 5.91 Å². The molecule has 0 bridgehead atoms. The van der Waals surface area contributed by atoms with Crippen molar-refractivity contribution < 1.29 is 9.28 Å². The Bertz CT molecular complexity index is 235. The van der Waals surface area contributed by atoms with E-state index in [9.17, 15) is 4.79 Å². The SMILES string of the molecule is CC[N+](CC)(CC)CCCC(=O)N1CCCCC1. The number of carbonyl (C=O) groups is 1. The number of likely N-dealkylation sites (tertiary alicyclic amines) is 1. The van der Waals surface area contributed by atoms with E-state index in [1.54, 1.807) is 0 Å². The van der Waals surface area contributed by atoms with Crippen LogP contribution in [0.1, 0.15) is 52.9 Å². The van der Waals surface area contributed by atoms with E-state index in [1.807, 2.05) is 0 Å². The van der Waals surface area contributed by atoms with Crippen LogP contribution in [0, 0.1) is 0 Å². The number of nitrogens with zero attached hydrogens (tertiary/aromatic N) is 2. The number of hydrogen-bond acceptors (Lipinski definition) is 1. The van der Waals surface area contributed by atoms with E-state index in [1.165, 1.54) is 38.9 Å². The van der Waals surface area contributed by atoms with Crippen molar-refractivity contribution in [2.45, 2.75) is 52.9 Å². The first-order valence-corrected chi connectivity index (χ1v) is 7.80. The van der Waals surface area contributed by atoms with Crippen LogP contribution in [0.4, 0.5) is 0 Å². The molecule has 0 atom stereocenters. The molecule has 106 valence electrons. The Kier molecular flexibility index (Phi) is 6.69. The first-order chi connectivity index (χ1) is 8.67.